The number of hydrogen-bond acceptors (Lipinski definition) is 3. The van der Waals surface area contributed by atoms with E-state index in [0.717, 1.165) is 29.1 Å². The number of nitrogens with zero attached hydrogens (tertiary/aromatic N) is 1. The van der Waals surface area contributed by atoms with Gasteiger partial charge in [0.05, 0.1) is 13.7 Å². The van der Waals surface area contributed by atoms with Gasteiger partial charge in [0.2, 0.25) is 5.91 Å². The monoisotopic (exact) mass is 250 g/mol. The van der Waals surface area contributed by atoms with Gasteiger partial charge in [-0.1, -0.05) is 6.92 Å². The van der Waals surface area contributed by atoms with Crippen molar-refractivity contribution in [1.29, 1.82) is 0 Å². The Kier molecular flexibility index (Phi) is 5.16. The fraction of sp³-hybridized carbons (Fsp3) is 0.500. The van der Waals surface area contributed by atoms with E-state index >= 15 is 0 Å². The van der Waals surface area contributed by atoms with Crippen molar-refractivity contribution in [2.45, 2.75) is 20.8 Å². The molecule has 1 aromatic carbocycles. The molecule has 0 fully saturated rings. The Morgan fingerprint density at radius 1 is 1.33 bits per heavy atom. The highest BCUT2D eigenvalue weighted by molar-refractivity contribution is 5.95. The number of hydrogen-bond donors (Lipinski definition) is 1. The van der Waals surface area contributed by atoms with Gasteiger partial charge in [0.1, 0.15) is 5.75 Å². The Morgan fingerprint density at radius 2 is 2.00 bits per heavy atom. The third-order valence-corrected chi connectivity index (χ3v) is 3.19. The van der Waals surface area contributed by atoms with E-state index < -0.39 is 0 Å². The predicted octanol–water partition coefficient (Wildman–Crippen LogP) is 1.88. The standard InChI is InChI=1S/C14H22N2O2/c1-6-15-9-14(17)16(4)12-7-8-13(18-5)11(3)10(12)2/h7-8,15H,6,9H2,1-5H3. The summed E-state index contributed by atoms with van der Waals surface area (Å²) in [5.74, 6) is 0.910. The second-order valence-corrected chi connectivity index (χ2v) is 4.27. The van der Waals surface area contributed by atoms with Crippen LogP contribution in [0.4, 0.5) is 5.69 Å². The van der Waals surface area contributed by atoms with Gasteiger partial charge in [-0.15, -0.1) is 0 Å². The van der Waals surface area contributed by atoms with Crippen molar-refractivity contribution in [3.8, 4) is 5.75 Å². The van der Waals surface area contributed by atoms with Gasteiger partial charge in [0.25, 0.3) is 0 Å². The van der Waals surface area contributed by atoms with Crippen LogP contribution >= 0.6 is 0 Å². The Labute approximate surface area is 109 Å². The summed E-state index contributed by atoms with van der Waals surface area (Å²) in [7, 11) is 3.45. The number of methoxy groups -OCH3 is 1. The van der Waals surface area contributed by atoms with Crippen molar-refractivity contribution in [2.24, 2.45) is 0 Å². The molecule has 1 rings (SSSR count). The highest BCUT2D eigenvalue weighted by Gasteiger charge is 2.15. The van der Waals surface area contributed by atoms with E-state index in [2.05, 4.69) is 5.32 Å². The average molecular weight is 250 g/mol. The second-order valence-electron chi connectivity index (χ2n) is 4.27. The van der Waals surface area contributed by atoms with Crippen molar-refractivity contribution < 1.29 is 9.53 Å². The number of ether oxygens (including phenoxy) is 1. The van der Waals surface area contributed by atoms with Crippen LogP contribution in [0.25, 0.3) is 0 Å². The topological polar surface area (TPSA) is 41.6 Å². The molecule has 0 aliphatic rings. The van der Waals surface area contributed by atoms with Gasteiger partial charge in [0, 0.05) is 12.7 Å². The Hall–Kier alpha value is -1.55. The van der Waals surface area contributed by atoms with Crippen LogP contribution in [-0.2, 0) is 4.79 Å². The minimum absolute atomic E-state index is 0.0597. The maximum absolute atomic E-state index is 12.0. The Morgan fingerprint density at radius 3 is 2.56 bits per heavy atom. The SMILES string of the molecule is CCNCC(=O)N(C)c1ccc(OC)c(C)c1C. The lowest BCUT2D eigenvalue weighted by Crippen LogP contribution is -2.35. The zero-order valence-corrected chi connectivity index (χ0v) is 11.8. The number of nitrogens with one attached hydrogen (secondary N) is 1. The summed E-state index contributed by atoms with van der Waals surface area (Å²) in [5.41, 5.74) is 3.07. The Balaban J connectivity index is 2.96. The zero-order chi connectivity index (χ0) is 13.7. The van der Waals surface area contributed by atoms with E-state index in [9.17, 15) is 4.79 Å². The van der Waals surface area contributed by atoms with E-state index in [0.29, 0.717) is 6.54 Å². The van der Waals surface area contributed by atoms with Gasteiger partial charge >= 0.3 is 0 Å². The lowest BCUT2D eigenvalue weighted by Gasteiger charge is -2.21. The first-order chi connectivity index (χ1) is 8.52. The molecule has 0 atom stereocenters. The van der Waals surface area contributed by atoms with Gasteiger partial charge < -0.3 is 15.0 Å². The van der Waals surface area contributed by atoms with E-state index in [1.54, 1.807) is 19.1 Å². The van der Waals surface area contributed by atoms with E-state index in [4.69, 9.17) is 4.74 Å². The van der Waals surface area contributed by atoms with Crippen LogP contribution in [0.3, 0.4) is 0 Å². The fourth-order valence-corrected chi connectivity index (χ4v) is 1.85. The van der Waals surface area contributed by atoms with E-state index in [1.165, 1.54) is 0 Å². The fourth-order valence-electron chi connectivity index (χ4n) is 1.85. The third-order valence-electron chi connectivity index (χ3n) is 3.19. The summed E-state index contributed by atoms with van der Waals surface area (Å²) in [6.07, 6.45) is 0. The number of amides is 1. The van der Waals surface area contributed by atoms with Gasteiger partial charge in [0.15, 0.2) is 0 Å². The molecule has 100 valence electrons. The summed E-state index contributed by atoms with van der Waals surface area (Å²) in [6, 6.07) is 3.82. The largest absolute Gasteiger partial charge is 0.496 e. The summed E-state index contributed by atoms with van der Waals surface area (Å²) in [6.45, 7) is 7.14. The van der Waals surface area contributed by atoms with Crippen molar-refractivity contribution in [3.63, 3.8) is 0 Å². The molecule has 0 bridgehead atoms. The molecule has 0 aliphatic carbocycles. The zero-order valence-electron chi connectivity index (χ0n) is 11.8. The molecule has 0 unspecified atom stereocenters. The molecule has 0 heterocycles. The molecule has 18 heavy (non-hydrogen) atoms. The number of benzene rings is 1. The minimum atomic E-state index is 0.0597. The highest BCUT2D eigenvalue weighted by atomic mass is 16.5. The van der Waals surface area contributed by atoms with Crippen molar-refractivity contribution in [3.05, 3.63) is 23.3 Å². The molecular weight excluding hydrogens is 228 g/mol. The van der Waals surface area contributed by atoms with Crippen LogP contribution in [-0.4, -0.2) is 33.2 Å². The molecule has 4 nitrogen and oxygen atoms in total. The first-order valence-electron chi connectivity index (χ1n) is 6.14. The molecule has 0 aliphatic heterocycles. The number of likely N-dealkylation sites (N-methyl/N-ethyl adjacent to an activating group) is 2. The smallest absolute Gasteiger partial charge is 0.240 e. The Bertz CT molecular complexity index is 430. The van der Waals surface area contributed by atoms with Gasteiger partial charge in [-0.25, -0.2) is 0 Å². The van der Waals surface area contributed by atoms with Gasteiger partial charge in [-0.2, -0.15) is 0 Å². The van der Waals surface area contributed by atoms with Crippen molar-refractivity contribution >= 4 is 11.6 Å². The lowest BCUT2D eigenvalue weighted by atomic mass is 10.1. The van der Waals surface area contributed by atoms with Gasteiger partial charge in [-0.3, -0.25) is 4.79 Å². The summed E-state index contributed by atoms with van der Waals surface area (Å²) in [4.78, 5) is 13.6. The molecule has 0 spiro atoms. The molecule has 4 heteroatoms. The normalized spacial score (nSPS) is 10.3. The van der Waals surface area contributed by atoms with Crippen LogP contribution in [0.2, 0.25) is 0 Å². The van der Waals surface area contributed by atoms with Crippen LogP contribution in [0.1, 0.15) is 18.1 Å². The number of carbonyl (C=O) groups is 1. The van der Waals surface area contributed by atoms with Gasteiger partial charge in [-0.05, 0) is 43.7 Å². The molecule has 0 radical (unpaired) electrons. The quantitative estimate of drug-likeness (QED) is 0.867. The maximum Gasteiger partial charge on any atom is 0.240 e. The van der Waals surface area contributed by atoms with Crippen LogP contribution < -0.4 is 15.0 Å². The molecule has 1 amide bonds. The molecular formula is C14H22N2O2. The first kappa shape index (κ1) is 14.5. The number of rotatable bonds is 5. The summed E-state index contributed by atoms with van der Waals surface area (Å²) < 4.78 is 5.27. The average Bonchev–Trinajstić information content (AvgIpc) is 2.38. The second kappa shape index (κ2) is 6.40. The number of carbonyl (C=O) groups excluding carboxylic acids is 1. The first-order valence-corrected chi connectivity index (χ1v) is 6.14. The predicted molar refractivity (Wildman–Crippen MR) is 74.4 cm³/mol. The number of anilines is 1. The van der Waals surface area contributed by atoms with Crippen LogP contribution in [0.15, 0.2) is 12.1 Å². The molecule has 0 saturated carbocycles. The highest BCUT2D eigenvalue weighted by Crippen LogP contribution is 2.29. The molecule has 0 saturated heterocycles. The molecule has 1 N–H and O–H groups in total. The van der Waals surface area contributed by atoms with E-state index in [-0.39, 0.29) is 5.91 Å². The third kappa shape index (κ3) is 3.01. The van der Waals surface area contributed by atoms with Crippen molar-refractivity contribution in [1.82, 2.24) is 5.32 Å². The van der Waals surface area contributed by atoms with Crippen LogP contribution in [0.5, 0.6) is 5.75 Å². The summed E-state index contributed by atoms with van der Waals surface area (Å²) in [5, 5.41) is 3.04. The minimum Gasteiger partial charge on any atom is -0.496 e. The lowest BCUT2D eigenvalue weighted by molar-refractivity contribution is -0.117. The van der Waals surface area contributed by atoms with E-state index in [1.807, 2.05) is 32.9 Å². The maximum atomic E-state index is 12.0. The van der Waals surface area contributed by atoms with Crippen LogP contribution in [0, 0.1) is 13.8 Å². The van der Waals surface area contributed by atoms with Crippen molar-refractivity contribution in [2.75, 3.05) is 32.1 Å². The molecule has 0 aromatic heterocycles. The summed E-state index contributed by atoms with van der Waals surface area (Å²) >= 11 is 0. The molecule has 1 aromatic rings.